The van der Waals surface area contributed by atoms with E-state index in [1.165, 1.54) is 5.56 Å². The van der Waals surface area contributed by atoms with E-state index < -0.39 is 0 Å². The Morgan fingerprint density at radius 3 is 2.91 bits per heavy atom. The highest BCUT2D eigenvalue weighted by Crippen LogP contribution is 2.28. The van der Waals surface area contributed by atoms with Gasteiger partial charge >= 0.3 is 0 Å². The number of ether oxygens (including phenoxy) is 1. The zero-order chi connectivity index (χ0) is 15.5. The largest absolute Gasteiger partial charge is 0.496 e. The molecule has 3 rings (SSSR count). The van der Waals surface area contributed by atoms with Gasteiger partial charge in [0.2, 0.25) is 4.77 Å². The average molecular weight is 330 g/mol. The fourth-order valence-electron chi connectivity index (χ4n) is 2.03. The maximum Gasteiger partial charge on any atom is 0.216 e. The summed E-state index contributed by atoms with van der Waals surface area (Å²) in [5.41, 5.74) is 2.01. The number of aryl methyl sites for hydroxylation is 1. The number of hydrogen-bond donors (Lipinski definition) is 1. The van der Waals surface area contributed by atoms with Crippen LogP contribution in [0.1, 0.15) is 10.4 Å². The van der Waals surface area contributed by atoms with Crippen LogP contribution in [0.5, 0.6) is 5.75 Å². The lowest BCUT2D eigenvalue weighted by Crippen LogP contribution is -1.97. The summed E-state index contributed by atoms with van der Waals surface area (Å²) in [7, 11) is 1.63. The Bertz CT molecular complexity index is 876. The molecule has 22 heavy (non-hydrogen) atoms. The maximum atomic E-state index is 5.38. The molecule has 0 saturated carbocycles. The Morgan fingerprint density at radius 2 is 2.18 bits per heavy atom. The third-order valence-electron chi connectivity index (χ3n) is 3.19. The summed E-state index contributed by atoms with van der Waals surface area (Å²) in [5, 5.41) is 13.6. The normalized spacial score (nSPS) is 11.2. The van der Waals surface area contributed by atoms with Gasteiger partial charge in [0.25, 0.3) is 0 Å². The number of nitrogens with zero attached hydrogens (tertiary/aromatic N) is 3. The van der Waals surface area contributed by atoms with Crippen LogP contribution in [-0.2, 0) is 0 Å². The van der Waals surface area contributed by atoms with Crippen LogP contribution in [0.3, 0.4) is 0 Å². The molecule has 3 aromatic rings. The van der Waals surface area contributed by atoms with E-state index in [1.54, 1.807) is 29.3 Å². The van der Waals surface area contributed by atoms with E-state index in [2.05, 4.69) is 21.4 Å². The Morgan fingerprint density at radius 1 is 1.36 bits per heavy atom. The quantitative estimate of drug-likeness (QED) is 0.583. The van der Waals surface area contributed by atoms with Gasteiger partial charge in [-0.15, -0.1) is 11.3 Å². The lowest BCUT2D eigenvalue weighted by atomic mass is 10.2. The van der Waals surface area contributed by atoms with Crippen molar-refractivity contribution in [1.29, 1.82) is 0 Å². The van der Waals surface area contributed by atoms with Crippen molar-refractivity contribution in [3.05, 3.63) is 50.9 Å². The molecule has 1 aromatic carbocycles. The third kappa shape index (κ3) is 2.72. The highest BCUT2D eigenvalue weighted by atomic mass is 32.1. The van der Waals surface area contributed by atoms with Gasteiger partial charge in [0.15, 0.2) is 5.82 Å². The molecule has 0 bridgehead atoms. The Labute approximate surface area is 136 Å². The van der Waals surface area contributed by atoms with Gasteiger partial charge in [0.05, 0.1) is 23.8 Å². The lowest BCUT2D eigenvalue weighted by molar-refractivity contribution is 0.416. The molecule has 0 radical (unpaired) electrons. The number of hydrogen-bond acceptors (Lipinski definition) is 5. The summed E-state index contributed by atoms with van der Waals surface area (Å²) in [6.45, 7) is 2.05. The second kappa shape index (κ2) is 6.25. The minimum atomic E-state index is 0.436. The van der Waals surface area contributed by atoms with Crippen LogP contribution in [0.25, 0.3) is 11.4 Å². The SMILES string of the molecule is COc1ccccc1-c1n[nH]c(=S)n1/N=C\c1sccc1C. The van der Waals surface area contributed by atoms with E-state index >= 15 is 0 Å². The van der Waals surface area contributed by atoms with Crippen LogP contribution < -0.4 is 4.74 Å². The first-order valence-corrected chi connectivity index (χ1v) is 7.88. The van der Waals surface area contributed by atoms with Gasteiger partial charge in [-0.2, -0.15) is 14.9 Å². The average Bonchev–Trinajstić information content (AvgIpc) is 3.11. The van der Waals surface area contributed by atoms with Gasteiger partial charge in [0.1, 0.15) is 5.75 Å². The second-order valence-corrected chi connectivity index (χ2v) is 5.91. The van der Waals surface area contributed by atoms with Crippen LogP contribution in [-0.4, -0.2) is 28.2 Å². The molecule has 0 saturated heterocycles. The Balaban J connectivity index is 2.07. The third-order valence-corrected chi connectivity index (χ3v) is 4.41. The number of benzene rings is 1. The van der Waals surface area contributed by atoms with Crippen LogP contribution in [0, 0.1) is 11.7 Å². The van der Waals surface area contributed by atoms with Crippen molar-refractivity contribution >= 4 is 29.8 Å². The number of H-pyrrole nitrogens is 1. The van der Waals surface area contributed by atoms with Crippen molar-refractivity contribution in [3.63, 3.8) is 0 Å². The zero-order valence-electron chi connectivity index (χ0n) is 12.1. The van der Waals surface area contributed by atoms with E-state index in [4.69, 9.17) is 17.0 Å². The molecular formula is C15H14N4OS2. The summed E-state index contributed by atoms with van der Waals surface area (Å²) < 4.78 is 7.42. The lowest BCUT2D eigenvalue weighted by Gasteiger charge is -2.06. The maximum absolute atomic E-state index is 5.38. The van der Waals surface area contributed by atoms with E-state index in [0.29, 0.717) is 10.6 Å². The molecule has 112 valence electrons. The molecule has 1 N–H and O–H groups in total. The van der Waals surface area contributed by atoms with Gasteiger partial charge in [0, 0.05) is 0 Å². The number of nitrogens with one attached hydrogen (secondary N) is 1. The van der Waals surface area contributed by atoms with Crippen molar-refractivity contribution in [1.82, 2.24) is 14.9 Å². The van der Waals surface area contributed by atoms with E-state index in [1.807, 2.05) is 36.6 Å². The molecular weight excluding hydrogens is 316 g/mol. The molecule has 5 nitrogen and oxygen atoms in total. The van der Waals surface area contributed by atoms with E-state index in [9.17, 15) is 0 Å². The van der Waals surface area contributed by atoms with Crippen LogP contribution >= 0.6 is 23.6 Å². The second-order valence-electron chi connectivity index (χ2n) is 4.58. The topological polar surface area (TPSA) is 55.2 Å². The van der Waals surface area contributed by atoms with Gasteiger partial charge < -0.3 is 4.74 Å². The fourth-order valence-corrected chi connectivity index (χ4v) is 2.99. The Kier molecular flexibility index (Phi) is 4.17. The highest BCUT2D eigenvalue weighted by molar-refractivity contribution is 7.71. The van der Waals surface area contributed by atoms with Crippen molar-refractivity contribution in [2.75, 3.05) is 7.11 Å². The molecule has 0 fully saturated rings. The molecule has 0 amide bonds. The molecule has 0 unspecified atom stereocenters. The van der Waals surface area contributed by atoms with Gasteiger partial charge in [-0.25, -0.2) is 5.10 Å². The summed E-state index contributed by atoms with van der Waals surface area (Å²) >= 11 is 6.91. The van der Waals surface area contributed by atoms with Crippen molar-refractivity contribution in [2.24, 2.45) is 5.10 Å². The molecule has 2 heterocycles. The van der Waals surface area contributed by atoms with Crippen molar-refractivity contribution < 1.29 is 4.74 Å². The summed E-state index contributed by atoms with van der Waals surface area (Å²) in [6.07, 6.45) is 1.80. The van der Waals surface area contributed by atoms with Gasteiger partial charge in [-0.05, 0) is 48.3 Å². The zero-order valence-corrected chi connectivity index (χ0v) is 13.7. The minimum Gasteiger partial charge on any atom is -0.496 e. The summed E-state index contributed by atoms with van der Waals surface area (Å²) in [6, 6.07) is 9.69. The first-order chi connectivity index (χ1) is 10.7. The molecule has 0 atom stereocenters. The number of aromatic nitrogens is 3. The predicted octanol–water partition coefficient (Wildman–Crippen LogP) is 3.87. The monoisotopic (exact) mass is 330 g/mol. The predicted molar refractivity (Wildman–Crippen MR) is 91.4 cm³/mol. The fraction of sp³-hybridized carbons (Fsp3) is 0.133. The van der Waals surface area contributed by atoms with Crippen LogP contribution in [0.15, 0.2) is 40.8 Å². The standard InChI is InChI=1S/C15H14N4OS2/c1-10-7-8-22-13(10)9-16-19-14(17-18-15(19)21)11-5-3-4-6-12(11)20-2/h3-9H,1-2H3,(H,18,21)/b16-9-. The van der Waals surface area contributed by atoms with E-state index in [-0.39, 0.29) is 0 Å². The molecule has 0 aliphatic heterocycles. The van der Waals surface area contributed by atoms with Gasteiger partial charge in [-0.3, -0.25) is 0 Å². The number of rotatable bonds is 4. The highest BCUT2D eigenvalue weighted by Gasteiger charge is 2.12. The number of methoxy groups -OCH3 is 1. The number of thiophene rings is 1. The molecule has 0 aliphatic rings. The number of para-hydroxylation sites is 1. The number of aromatic amines is 1. The molecule has 2 aromatic heterocycles. The van der Waals surface area contributed by atoms with Crippen LogP contribution in [0.4, 0.5) is 0 Å². The van der Waals surface area contributed by atoms with Crippen molar-refractivity contribution in [3.8, 4) is 17.1 Å². The first kappa shape index (κ1) is 14.7. The van der Waals surface area contributed by atoms with E-state index in [0.717, 1.165) is 16.2 Å². The summed E-state index contributed by atoms with van der Waals surface area (Å²) in [4.78, 5) is 1.09. The van der Waals surface area contributed by atoms with Crippen LogP contribution in [0.2, 0.25) is 0 Å². The Hall–Kier alpha value is -2.25. The van der Waals surface area contributed by atoms with Crippen molar-refractivity contribution in [2.45, 2.75) is 6.92 Å². The smallest absolute Gasteiger partial charge is 0.216 e. The molecule has 7 heteroatoms. The molecule has 0 spiro atoms. The minimum absolute atomic E-state index is 0.436. The van der Waals surface area contributed by atoms with Gasteiger partial charge in [-0.1, -0.05) is 12.1 Å². The summed E-state index contributed by atoms with van der Waals surface area (Å²) in [5.74, 6) is 1.34. The first-order valence-electron chi connectivity index (χ1n) is 6.60. The molecule has 0 aliphatic carbocycles.